The molecule has 2 aromatic rings. The lowest BCUT2D eigenvalue weighted by molar-refractivity contribution is -0.137. The number of H-pyrrole nitrogens is 1. The molecule has 3 rings (SSSR count). The van der Waals surface area contributed by atoms with Gasteiger partial charge in [0.15, 0.2) is 0 Å². The molecule has 0 spiro atoms. The molecule has 28 heavy (non-hydrogen) atoms. The van der Waals surface area contributed by atoms with Crippen molar-refractivity contribution in [3.05, 3.63) is 46.3 Å². The van der Waals surface area contributed by atoms with Gasteiger partial charge in [0.1, 0.15) is 7.14 Å². The summed E-state index contributed by atoms with van der Waals surface area (Å²) in [6, 6.07) is 3.81. The van der Waals surface area contributed by atoms with Crippen molar-refractivity contribution in [3.63, 3.8) is 0 Å². The standard InChI is InChI=1S/C21H25N2O4P/c1-5-28(4,27)18-9-12(2)8-15-16(21(26)23-20(15)18)10-17-14(6-7-19(24)25)13(3)11-22-17/h8-11,22H,5-7H2,1-4H3,(H,23,26)(H,24,25)/b16-10-. The third-order valence-electron chi connectivity index (χ3n) is 5.27. The Balaban J connectivity index is 2.12. The van der Waals surface area contributed by atoms with E-state index in [0.29, 0.717) is 29.1 Å². The molecule has 148 valence electrons. The number of benzene rings is 1. The zero-order chi connectivity index (χ0) is 20.6. The van der Waals surface area contributed by atoms with Crippen LogP contribution in [0.25, 0.3) is 11.6 Å². The van der Waals surface area contributed by atoms with Gasteiger partial charge < -0.3 is 20.0 Å². The predicted octanol–water partition coefficient (Wildman–Crippen LogP) is 3.78. The Morgan fingerprint density at radius 2 is 2.00 bits per heavy atom. The van der Waals surface area contributed by atoms with Crippen LogP contribution in [0.5, 0.6) is 0 Å². The second-order valence-electron chi connectivity index (χ2n) is 7.39. The number of amides is 1. The Kier molecular flexibility index (Phi) is 5.35. The van der Waals surface area contributed by atoms with Crippen LogP contribution in [0.3, 0.4) is 0 Å². The van der Waals surface area contributed by atoms with Gasteiger partial charge in [-0.3, -0.25) is 9.59 Å². The second kappa shape index (κ2) is 7.44. The van der Waals surface area contributed by atoms with E-state index in [1.54, 1.807) is 12.7 Å². The zero-order valence-corrected chi connectivity index (χ0v) is 17.4. The maximum absolute atomic E-state index is 13.0. The van der Waals surface area contributed by atoms with Gasteiger partial charge in [-0.15, -0.1) is 0 Å². The number of aromatic amines is 1. The Labute approximate surface area is 164 Å². The summed E-state index contributed by atoms with van der Waals surface area (Å²) in [5.41, 5.74) is 5.39. The van der Waals surface area contributed by atoms with Crippen molar-refractivity contribution in [2.45, 2.75) is 33.6 Å². The SMILES string of the molecule is CCP(C)(=O)c1cc(C)cc2c1NC(=O)/C2=C\c1[nH]cc(C)c1CCC(=O)O. The van der Waals surface area contributed by atoms with Crippen LogP contribution in [-0.4, -0.2) is 34.8 Å². The van der Waals surface area contributed by atoms with Gasteiger partial charge in [0.25, 0.3) is 5.91 Å². The van der Waals surface area contributed by atoms with Gasteiger partial charge in [0.05, 0.1) is 11.3 Å². The lowest BCUT2D eigenvalue weighted by atomic mass is 10.0. The van der Waals surface area contributed by atoms with E-state index in [9.17, 15) is 14.2 Å². The molecule has 0 saturated carbocycles. The first-order valence-corrected chi connectivity index (χ1v) is 11.6. The molecule has 0 radical (unpaired) electrons. The minimum atomic E-state index is -2.57. The van der Waals surface area contributed by atoms with Crippen molar-refractivity contribution in [2.75, 3.05) is 18.1 Å². The minimum absolute atomic E-state index is 0.0242. The van der Waals surface area contributed by atoms with Gasteiger partial charge in [-0.25, -0.2) is 0 Å². The number of carbonyl (C=O) groups excluding carboxylic acids is 1. The van der Waals surface area contributed by atoms with E-state index < -0.39 is 13.1 Å². The van der Waals surface area contributed by atoms with Crippen LogP contribution >= 0.6 is 7.14 Å². The molecule has 2 heterocycles. The number of aliphatic carboxylic acids is 1. The number of nitrogens with one attached hydrogen (secondary N) is 2. The molecule has 6 nitrogen and oxygen atoms in total. The fourth-order valence-corrected chi connectivity index (χ4v) is 4.98. The van der Waals surface area contributed by atoms with Crippen LogP contribution < -0.4 is 10.6 Å². The number of carboxylic acid groups (broad SMARTS) is 1. The van der Waals surface area contributed by atoms with Gasteiger partial charge in [0, 0.05) is 35.3 Å². The highest BCUT2D eigenvalue weighted by atomic mass is 31.2. The molecule has 1 unspecified atom stereocenters. The monoisotopic (exact) mass is 400 g/mol. The van der Waals surface area contributed by atoms with Crippen molar-refractivity contribution in [1.29, 1.82) is 0 Å². The number of rotatable bonds is 6. The minimum Gasteiger partial charge on any atom is -0.481 e. The van der Waals surface area contributed by atoms with E-state index in [1.165, 1.54) is 0 Å². The normalized spacial score (nSPS) is 16.7. The third-order valence-corrected chi connectivity index (χ3v) is 7.85. The quantitative estimate of drug-likeness (QED) is 0.508. The number of hydrogen-bond donors (Lipinski definition) is 3. The maximum atomic E-state index is 13.0. The highest BCUT2D eigenvalue weighted by Gasteiger charge is 2.31. The smallest absolute Gasteiger partial charge is 0.303 e. The first kappa shape index (κ1) is 20.2. The molecule has 0 saturated heterocycles. The van der Waals surface area contributed by atoms with E-state index in [1.807, 2.05) is 39.1 Å². The summed E-state index contributed by atoms with van der Waals surface area (Å²) < 4.78 is 13.0. The van der Waals surface area contributed by atoms with Crippen LogP contribution in [0, 0.1) is 13.8 Å². The van der Waals surface area contributed by atoms with Crippen molar-refractivity contribution in [3.8, 4) is 0 Å². The fourth-order valence-electron chi connectivity index (χ4n) is 3.51. The Bertz CT molecular complexity index is 1050. The first-order valence-electron chi connectivity index (χ1n) is 9.28. The van der Waals surface area contributed by atoms with Crippen LogP contribution in [0.2, 0.25) is 0 Å². The molecule has 3 N–H and O–H groups in total. The molecule has 0 bridgehead atoms. The molecule has 0 aliphatic carbocycles. The van der Waals surface area contributed by atoms with E-state index in [2.05, 4.69) is 10.3 Å². The average Bonchev–Trinajstić information content (AvgIpc) is 3.13. The summed E-state index contributed by atoms with van der Waals surface area (Å²) in [6.45, 7) is 7.47. The van der Waals surface area contributed by atoms with Crippen molar-refractivity contribution >= 4 is 41.7 Å². The van der Waals surface area contributed by atoms with E-state index >= 15 is 0 Å². The number of fused-ring (bicyclic) bond motifs is 1. The van der Waals surface area contributed by atoms with E-state index in [4.69, 9.17) is 5.11 Å². The molecule has 7 heteroatoms. The molecule has 0 fully saturated rings. The lowest BCUT2D eigenvalue weighted by Crippen LogP contribution is -2.14. The van der Waals surface area contributed by atoms with Crippen LogP contribution in [0.1, 0.15) is 41.3 Å². The Morgan fingerprint density at radius 3 is 2.64 bits per heavy atom. The summed E-state index contributed by atoms with van der Waals surface area (Å²) in [6.07, 6.45) is 4.51. The number of carbonyl (C=O) groups is 2. The van der Waals surface area contributed by atoms with Gasteiger partial charge in [-0.2, -0.15) is 0 Å². The molecular formula is C21H25N2O4P. The summed E-state index contributed by atoms with van der Waals surface area (Å²) in [7, 11) is -2.57. The molecule has 1 atom stereocenters. The highest BCUT2D eigenvalue weighted by Crippen LogP contribution is 2.46. The summed E-state index contributed by atoms with van der Waals surface area (Å²) >= 11 is 0. The van der Waals surface area contributed by atoms with Crippen LogP contribution in [0.15, 0.2) is 18.3 Å². The first-order chi connectivity index (χ1) is 13.1. The molecule has 1 aromatic heterocycles. The molecule has 1 aliphatic heterocycles. The largest absolute Gasteiger partial charge is 0.481 e. The Morgan fingerprint density at radius 1 is 1.29 bits per heavy atom. The van der Waals surface area contributed by atoms with Crippen LogP contribution in [0.4, 0.5) is 5.69 Å². The van der Waals surface area contributed by atoms with Crippen molar-refractivity contribution in [2.24, 2.45) is 0 Å². The van der Waals surface area contributed by atoms with Crippen LogP contribution in [-0.2, 0) is 20.6 Å². The zero-order valence-electron chi connectivity index (χ0n) is 16.5. The fraction of sp³-hybridized carbons (Fsp3) is 0.333. The molecule has 1 aromatic carbocycles. The third kappa shape index (κ3) is 3.69. The number of hydrogen-bond acceptors (Lipinski definition) is 3. The topological polar surface area (TPSA) is 99.3 Å². The summed E-state index contributed by atoms with van der Waals surface area (Å²) in [5.74, 6) is -1.10. The van der Waals surface area contributed by atoms with E-state index in [0.717, 1.165) is 27.9 Å². The lowest BCUT2D eigenvalue weighted by Gasteiger charge is -2.16. The number of carboxylic acids is 1. The number of anilines is 1. The molecule has 1 aliphatic rings. The number of aryl methyl sites for hydroxylation is 2. The van der Waals surface area contributed by atoms with Gasteiger partial charge >= 0.3 is 5.97 Å². The van der Waals surface area contributed by atoms with E-state index in [-0.39, 0.29) is 12.3 Å². The summed E-state index contributed by atoms with van der Waals surface area (Å²) in [4.78, 5) is 26.8. The highest BCUT2D eigenvalue weighted by molar-refractivity contribution is 7.71. The average molecular weight is 400 g/mol. The summed E-state index contributed by atoms with van der Waals surface area (Å²) in [5, 5.41) is 12.6. The van der Waals surface area contributed by atoms with Gasteiger partial charge in [0.2, 0.25) is 0 Å². The Hall–Kier alpha value is -2.59. The van der Waals surface area contributed by atoms with Gasteiger partial charge in [-0.1, -0.05) is 6.92 Å². The van der Waals surface area contributed by atoms with Gasteiger partial charge in [-0.05, 0) is 61.8 Å². The predicted molar refractivity (Wildman–Crippen MR) is 113 cm³/mol. The molecular weight excluding hydrogens is 375 g/mol. The number of aromatic nitrogens is 1. The second-order valence-corrected chi connectivity index (χ2v) is 10.7. The van der Waals surface area contributed by atoms with Crippen molar-refractivity contribution < 1.29 is 19.3 Å². The maximum Gasteiger partial charge on any atom is 0.303 e. The van der Waals surface area contributed by atoms with Crippen molar-refractivity contribution in [1.82, 2.24) is 4.98 Å². The molecule has 1 amide bonds.